The van der Waals surface area contributed by atoms with Gasteiger partial charge in [-0.15, -0.1) is 21.8 Å². The van der Waals surface area contributed by atoms with Crippen LogP contribution in [0.2, 0.25) is 0 Å². The number of halogens is 1. The third-order valence-electron chi connectivity index (χ3n) is 2.11. The van der Waals surface area contributed by atoms with Crippen molar-refractivity contribution in [3.8, 4) is 0 Å². The Kier molecular flexibility index (Phi) is 3.48. The van der Waals surface area contributed by atoms with Gasteiger partial charge in [0.15, 0.2) is 5.82 Å². The second-order valence-electron chi connectivity index (χ2n) is 4.57. The summed E-state index contributed by atoms with van der Waals surface area (Å²) in [7, 11) is 1.76. The van der Waals surface area contributed by atoms with Crippen LogP contribution in [-0.2, 0) is 13.5 Å². The molecule has 1 aromatic rings. The number of nitrogens with zero attached hydrogens (tertiary/aromatic N) is 4. The van der Waals surface area contributed by atoms with Gasteiger partial charge in [-0.3, -0.25) is 0 Å². The van der Waals surface area contributed by atoms with Gasteiger partial charge in [-0.1, -0.05) is 20.8 Å². The Hall–Kier alpha value is -0.640. The molecule has 4 nitrogen and oxygen atoms in total. The fourth-order valence-electron chi connectivity index (χ4n) is 1.11. The van der Waals surface area contributed by atoms with Crippen LogP contribution in [0.1, 0.15) is 33.0 Å². The summed E-state index contributed by atoms with van der Waals surface area (Å²) in [5.74, 6) is 0.766. The van der Waals surface area contributed by atoms with E-state index in [0.29, 0.717) is 0 Å². The first-order valence-electron chi connectivity index (χ1n) is 4.76. The minimum Gasteiger partial charge on any atom is -0.167 e. The van der Waals surface area contributed by atoms with Gasteiger partial charge in [0, 0.05) is 11.8 Å². The maximum absolute atomic E-state index is 6.23. The van der Waals surface area contributed by atoms with Crippen molar-refractivity contribution in [2.24, 2.45) is 12.5 Å². The molecule has 0 bridgehead atoms. The molecular formula is C9H17ClN4. The highest BCUT2D eigenvalue weighted by Gasteiger charge is 2.22. The molecule has 1 atom stereocenters. The molecule has 1 rings (SSSR count). The van der Waals surface area contributed by atoms with Crippen LogP contribution >= 0.6 is 11.6 Å². The van der Waals surface area contributed by atoms with Gasteiger partial charge in [-0.25, -0.2) is 0 Å². The van der Waals surface area contributed by atoms with Gasteiger partial charge in [0.2, 0.25) is 0 Å². The first-order chi connectivity index (χ1) is 6.39. The molecule has 0 aromatic carbocycles. The Morgan fingerprint density at radius 2 is 2.07 bits per heavy atom. The molecule has 0 aliphatic carbocycles. The highest BCUT2D eigenvalue weighted by atomic mass is 35.5. The fourth-order valence-corrected chi connectivity index (χ4v) is 1.22. The van der Waals surface area contributed by atoms with E-state index in [2.05, 4.69) is 36.2 Å². The van der Waals surface area contributed by atoms with Crippen LogP contribution in [-0.4, -0.2) is 25.6 Å². The van der Waals surface area contributed by atoms with Crippen molar-refractivity contribution in [1.29, 1.82) is 0 Å². The second kappa shape index (κ2) is 4.26. The number of hydrogen-bond acceptors (Lipinski definition) is 3. The van der Waals surface area contributed by atoms with Crippen molar-refractivity contribution in [2.45, 2.75) is 39.0 Å². The van der Waals surface area contributed by atoms with Crippen LogP contribution in [0.25, 0.3) is 0 Å². The lowest BCUT2D eigenvalue weighted by molar-refractivity contribution is 0.372. The Morgan fingerprint density at radius 1 is 1.43 bits per heavy atom. The van der Waals surface area contributed by atoms with Crippen LogP contribution in [0.5, 0.6) is 0 Å². The van der Waals surface area contributed by atoms with Crippen LogP contribution in [0, 0.1) is 5.41 Å². The number of aryl methyl sites for hydroxylation is 2. The Balaban J connectivity index is 2.41. The molecule has 80 valence electrons. The fraction of sp³-hybridized carbons (Fsp3) is 0.889. The van der Waals surface area contributed by atoms with Crippen molar-refractivity contribution in [2.75, 3.05) is 0 Å². The van der Waals surface area contributed by atoms with E-state index in [4.69, 9.17) is 11.6 Å². The van der Waals surface area contributed by atoms with E-state index in [9.17, 15) is 0 Å². The summed E-state index contributed by atoms with van der Waals surface area (Å²) in [6.45, 7) is 6.40. The zero-order chi connectivity index (χ0) is 10.8. The van der Waals surface area contributed by atoms with E-state index in [1.54, 1.807) is 7.05 Å². The van der Waals surface area contributed by atoms with E-state index in [-0.39, 0.29) is 10.8 Å². The monoisotopic (exact) mass is 216 g/mol. The molecule has 0 spiro atoms. The predicted molar refractivity (Wildman–Crippen MR) is 56.2 cm³/mol. The first-order valence-corrected chi connectivity index (χ1v) is 5.20. The van der Waals surface area contributed by atoms with E-state index in [0.717, 1.165) is 18.7 Å². The van der Waals surface area contributed by atoms with Crippen molar-refractivity contribution >= 4 is 11.6 Å². The van der Waals surface area contributed by atoms with Crippen molar-refractivity contribution in [3.05, 3.63) is 5.82 Å². The summed E-state index contributed by atoms with van der Waals surface area (Å²) in [6.07, 6.45) is 1.68. The summed E-state index contributed by atoms with van der Waals surface area (Å²) < 4.78 is 0. The third-order valence-corrected chi connectivity index (χ3v) is 2.98. The van der Waals surface area contributed by atoms with Crippen LogP contribution in [0.4, 0.5) is 0 Å². The maximum Gasteiger partial charge on any atom is 0.174 e. The van der Waals surface area contributed by atoms with Gasteiger partial charge in [-0.2, -0.15) is 4.80 Å². The molecule has 1 unspecified atom stereocenters. The second-order valence-corrected chi connectivity index (χ2v) is 5.09. The first kappa shape index (κ1) is 11.4. The third kappa shape index (κ3) is 3.25. The summed E-state index contributed by atoms with van der Waals surface area (Å²) in [5, 5.41) is 11.9. The highest BCUT2D eigenvalue weighted by Crippen LogP contribution is 2.27. The zero-order valence-electron chi connectivity index (χ0n) is 9.16. The van der Waals surface area contributed by atoms with Gasteiger partial charge < -0.3 is 0 Å². The highest BCUT2D eigenvalue weighted by molar-refractivity contribution is 6.21. The number of alkyl halides is 1. The number of hydrogen-bond donors (Lipinski definition) is 0. The maximum atomic E-state index is 6.23. The number of rotatable bonds is 3. The van der Waals surface area contributed by atoms with E-state index < -0.39 is 0 Å². The van der Waals surface area contributed by atoms with Crippen LogP contribution in [0.3, 0.4) is 0 Å². The summed E-state index contributed by atoms with van der Waals surface area (Å²) >= 11 is 6.23. The topological polar surface area (TPSA) is 43.6 Å². The molecule has 0 aliphatic rings. The largest absolute Gasteiger partial charge is 0.174 e. The van der Waals surface area contributed by atoms with E-state index in [1.165, 1.54) is 4.80 Å². The Bertz CT molecular complexity index is 289. The van der Waals surface area contributed by atoms with Crippen LogP contribution < -0.4 is 0 Å². The predicted octanol–water partition coefficient (Wildman–Crippen LogP) is 1.80. The van der Waals surface area contributed by atoms with Crippen molar-refractivity contribution in [3.63, 3.8) is 0 Å². The normalized spacial score (nSPS) is 14.4. The minimum absolute atomic E-state index is 0.129. The molecule has 0 amide bonds. The number of aromatic nitrogens is 4. The van der Waals surface area contributed by atoms with Crippen molar-refractivity contribution < 1.29 is 0 Å². The lowest BCUT2D eigenvalue weighted by atomic mass is 9.89. The molecule has 0 aliphatic heterocycles. The lowest BCUT2D eigenvalue weighted by Crippen LogP contribution is -2.21. The molecule has 0 saturated carbocycles. The molecule has 1 heterocycles. The van der Waals surface area contributed by atoms with Gasteiger partial charge in [0.25, 0.3) is 0 Å². The Morgan fingerprint density at radius 3 is 2.50 bits per heavy atom. The average Bonchev–Trinajstić information content (AvgIpc) is 2.45. The summed E-state index contributed by atoms with van der Waals surface area (Å²) in [5.41, 5.74) is 0.129. The van der Waals surface area contributed by atoms with Gasteiger partial charge >= 0.3 is 0 Å². The summed E-state index contributed by atoms with van der Waals surface area (Å²) in [6, 6.07) is 0. The SMILES string of the molecule is Cn1nnc(CCC(Cl)C(C)(C)C)n1. The van der Waals surface area contributed by atoms with E-state index in [1.807, 2.05) is 0 Å². The quantitative estimate of drug-likeness (QED) is 0.724. The molecule has 0 N–H and O–H groups in total. The van der Waals surface area contributed by atoms with Gasteiger partial charge in [0.1, 0.15) is 0 Å². The average molecular weight is 217 g/mol. The molecular weight excluding hydrogens is 200 g/mol. The number of tetrazole rings is 1. The smallest absolute Gasteiger partial charge is 0.167 e. The Labute approximate surface area is 89.6 Å². The van der Waals surface area contributed by atoms with Crippen molar-refractivity contribution in [1.82, 2.24) is 20.2 Å². The lowest BCUT2D eigenvalue weighted by Gasteiger charge is -2.24. The van der Waals surface area contributed by atoms with E-state index >= 15 is 0 Å². The van der Waals surface area contributed by atoms with Crippen LogP contribution in [0.15, 0.2) is 0 Å². The van der Waals surface area contributed by atoms with Gasteiger partial charge in [0.05, 0.1) is 7.05 Å². The molecule has 0 saturated heterocycles. The molecule has 0 fully saturated rings. The molecule has 5 heteroatoms. The zero-order valence-corrected chi connectivity index (χ0v) is 9.91. The molecule has 1 aromatic heterocycles. The summed E-state index contributed by atoms with van der Waals surface area (Å²) in [4.78, 5) is 1.47. The van der Waals surface area contributed by atoms with Gasteiger partial charge in [-0.05, 0) is 17.0 Å². The molecule has 0 radical (unpaired) electrons. The minimum atomic E-state index is 0.129. The molecule has 14 heavy (non-hydrogen) atoms. The standard InChI is InChI=1S/C9H17ClN4/c1-9(2,3)7(10)5-6-8-11-13-14(4)12-8/h7H,5-6H2,1-4H3.